The zero-order valence-electron chi connectivity index (χ0n) is 14.9. The second-order valence-electron chi connectivity index (χ2n) is 6.46. The molecule has 0 N–H and O–H groups in total. The van der Waals surface area contributed by atoms with Crippen molar-refractivity contribution >= 4 is 28.5 Å². The van der Waals surface area contributed by atoms with Crippen LogP contribution < -0.4 is 4.74 Å². The molecule has 0 spiro atoms. The summed E-state index contributed by atoms with van der Waals surface area (Å²) in [7, 11) is 0. The van der Waals surface area contributed by atoms with Crippen molar-refractivity contribution in [3.05, 3.63) is 58.9 Å². The first-order valence-corrected chi connectivity index (χ1v) is 10.4. The highest BCUT2D eigenvalue weighted by molar-refractivity contribution is 8.14. The molecule has 0 unspecified atom stereocenters. The van der Waals surface area contributed by atoms with E-state index in [-0.39, 0.29) is 12.1 Å². The number of nitrogens with zero attached hydrogens (tertiary/aromatic N) is 3. The molecule has 6 heteroatoms. The van der Waals surface area contributed by atoms with Crippen molar-refractivity contribution in [1.29, 1.82) is 0 Å². The third kappa shape index (κ3) is 3.08. The lowest BCUT2D eigenvalue weighted by atomic mass is 9.95. The molecule has 0 amide bonds. The summed E-state index contributed by atoms with van der Waals surface area (Å²) >= 11 is 8.34. The maximum atomic E-state index is 6.49. The molecule has 2 aliphatic heterocycles. The third-order valence-corrected chi connectivity index (χ3v) is 6.35. The smallest absolute Gasteiger partial charge is 0.160 e. The summed E-state index contributed by atoms with van der Waals surface area (Å²) in [5.74, 6) is 1.82. The Balaban J connectivity index is 1.76. The molecule has 0 bridgehead atoms. The molecule has 4 rings (SSSR count). The van der Waals surface area contributed by atoms with Crippen LogP contribution in [0.25, 0.3) is 0 Å². The van der Waals surface area contributed by atoms with E-state index in [0.717, 1.165) is 34.3 Å². The van der Waals surface area contributed by atoms with E-state index in [4.69, 9.17) is 21.3 Å². The fourth-order valence-electron chi connectivity index (χ4n) is 3.68. The van der Waals surface area contributed by atoms with Gasteiger partial charge in [0.2, 0.25) is 0 Å². The highest BCUT2D eigenvalue weighted by Gasteiger charge is 2.45. The summed E-state index contributed by atoms with van der Waals surface area (Å²) in [4.78, 5) is 12.1. The number of aromatic nitrogens is 1. The van der Waals surface area contributed by atoms with Crippen LogP contribution in [0, 0.1) is 0 Å². The quantitative estimate of drug-likeness (QED) is 0.714. The van der Waals surface area contributed by atoms with Crippen molar-refractivity contribution in [1.82, 2.24) is 9.88 Å². The van der Waals surface area contributed by atoms with Crippen LogP contribution in [0.3, 0.4) is 0 Å². The van der Waals surface area contributed by atoms with Gasteiger partial charge in [-0.2, -0.15) is 0 Å². The number of fused-ring (bicyclic) bond motifs is 1. The molecule has 136 valence electrons. The number of amidine groups is 1. The van der Waals surface area contributed by atoms with Crippen LogP contribution in [0.2, 0.25) is 5.02 Å². The lowest BCUT2D eigenvalue weighted by Gasteiger charge is -2.32. The fourth-order valence-corrected chi connectivity index (χ4v) is 5.26. The van der Waals surface area contributed by atoms with E-state index in [0.29, 0.717) is 17.7 Å². The predicted octanol–water partition coefficient (Wildman–Crippen LogP) is 5.11. The minimum Gasteiger partial charge on any atom is -0.492 e. The average molecular weight is 388 g/mol. The molecule has 2 aliphatic rings. The van der Waals surface area contributed by atoms with Crippen molar-refractivity contribution in [3.63, 3.8) is 0 Å². The van der Waals surface area contributed by atoms with Crippen molar-refractivity contribution < 1.29 is 4.74 Å². The lowest BCUT2D eigenvalue weighted by Crippen LogP contribution is -2.35. The number of ether oxygens (including phenoxy) is 1. The second-order valence-corrected chi connectivity index (χ2v) is 7.85. The predicted molar refractivity (Wildman–Crippen MR) is 108 cm³/mol. The van der Waals surface area contributed by atoms with E-state index in [2.05, 4.69) is 28.9 Å². The number of thioether (sulfide) groups is 1. The Kier molecular flexibility index (Phi) is 5.09. The van der Waals surface area contributed by atoms with Gasteiger partial charge in [0, 0.05) is 18.0 Å². The largest absolute Gasteiger partial charge is 0.492 e. The van der Waals surface area contributed by atoms with E-state index in [1.54, 1.807) is 0 Å². The minimum absolute atomic E-state index is 0.0120. The lowest BCUT2D eigenvalue weighted by molar-refractivity contribution is 0.255. The Labute approximate surface area is 163 Å². The topological polar surface area (TPSA) is 37.7 Å². The van der Waals surface area contributed by atoms with Crippen molar-refractivity contribution in [2.45, 2.75) is 38.4 Å². The summed E-state index contributed by atoms with van der Waals surface area (Å²) in [6, 6.07) is 12.7. The first-order valence-electron chi connectivity index (χ1n) is 9.05. The van der Waals surface area contributed by atoms with Crippen LogP contribution in [0.1, 0.15) is 43.6 Å². The molecular weight excluding hydrogens is 366 g/mol. The van der Waals surface area contributed by atoms with Gasteiger partial charge in [0.1, 0.15) is 11.8 Å². The SMILES string of the molecule is CCOc1ccc([C@H]2[C@H](c3ccccn3)N=C3SC[C@@H](CC)N32)cc1Cl. The van der Waals surface area contributed by atoms with Crippen LogP contribution in [0.4, 0.5) is 0 Å². The Morgan fingerprint density at radius 2 is 2.15 bits per heavy atom. The van der Waals surface area contributed by atoms with Gasteiger partial charge in [-0.25, -0.2) is 0 Å². The summed E-state index contributed by atoms with van der Waals surface area (Å²) in [6.07, 6.45) is 2.94. The number of rotatable bonds is 5. The van der Waals surface area contributed by atoms with Crippen molar-refractivity contribution in [3.8, 4) is 5.75 Å². The highest BCUT2D eigenvalue weighted by atomic mass is 35.5. The first-order chi connectivity index (χ1) is 12.7. The highest BCUT2D eigenvalue weighted by Crippen LogP contribution is 2.49. The van der Waals surface area contributed by atoms with Gasteiger partial charge < -0.3 is 9.64 Å². The molecule has 4 nitrogen and oxygen atoms in total. The van der Waals surface area contributed by atoms with Gasteiger partial charge in [-0.1, -0.05) is 42.4 Å². The zero-order valence-corrected chi connectivity index (χ0v) is 16.5. The van der Waals surface area contributed by atoms with Crippen molar-refractivity contribution in [2.24, 2.45) is 4.99 Å². The maximum absolute atomic E-state index is 6.49. The number of hydrogen-bond donors (Lipinski definition) is 0. The number of aliphatic imine (C=N–C) groups is 1. The van der Waals surface area contributed by atoms with Crippen LogP contribution >= 0.6 is 23.4 Å². The molecule has 26 heavy (non-hydrogen) atoms. The molecular formula is C20H22ClN3OS. The van der Waals surface area contributed by atoms with E-state index >= 15 is 0 Å². The molecule has 0 aliphatic carbocycles. The van der Waals surface area contributed by atoms with Gasteiger partial charge >= 0.3 is 0 Å². The number of halogens is 1. The molecule has 1 fully saturated rings. The standard InChI is InChI=1S/C20H22ClN3OS/c1-3-14-12-26-20-23-18(16-7-5-6-10-22-16)19(24(14)20)13-8-9-17(25-4-2)15(21)11-13/h5-11,14,18-19H,3-4,12H2,1-2H3/t14-,18+,19+/m1/s1. The van der Waals surface area contributed by atoms with E-state index in [1.807, 2.05) is 49.1 Å². The average Bonchev–Trinajstić information content (AvgIpc) is 3.23. The van der Waals surface area contributed by atoms with E-state index < -0.39 is 0 Å². The van der Waals surface area contributed by atoms with Crippen LogP contribution in [0.15, 0.2) is 47.6 Å². The molecule has 2 aromatic rings. The Morgan fingerprint density at radius 3 is 2.85 bits per heavy atom. The van der Waals surface area contributed by atoms with Gasteiger partial charge in [0.25, 0.3) is 0 Å². The molecule has 1 aromatic carbocycles. The summed E-state index contributed by atoms with van der Waals surface area (Å²) in [6.45, 7) is 4.81. The molecule has 0 radical (unpaired) electrons. The summed E-state index contributed by atoms with van der Waals surface area (Å²) in [5, 5.41) is 1.78. The fraction of sp³-hybridized carbons (Fsp3) is 0.400. The molecule has 3 heterocycles. The van der Waals surface area contributed by atoms with Crippen molar-refractivity contribution in [2.75, 3.05) is 12.4 Å². The van der Waals surface area contributed by atoms with Crippen LogP contribution in [-0.4, -0.2) is 33.5 Å². The number of benzene rings is 1. The van der Waals surface area contributed by atoms with E-state index in [1.165, 1.54) is 0 Å². The maximum Gasteiger partial charge on any atom is 0.160 e. The van der Waals surface area contributed by atoms with Gasteiger partial charge in [0.15, 0.2) is 5.17 Å². The van der Waals surface area contributed by atoms with Gasteiger partial charge in [-0.05, 0) is 43.2 Å². The second kappa shape index (κ2) is 7.49. The Hall–Kier alpha value is -1.72. The number of pyridine rings is 1. The van der Waals surface area contributed by atoms with E-state index in [9.17, 15) is 0 Å². The molecule has 0 saturated carbocycles. The van der Waals surface area contributed by atoms with Gasteiger partial charge in [-0.15, -0.1) is 0 Å². The normalized spacial score (nSPS) is 24.5. The number of hydrogen-bond acceptors (Lipinski definition) is 5. The van der Waals surface area contributed by atoms with Gasteiger partial charge in [-0.3, -0.25) is 9.98 Å². The minimum atomic E-state index is -0.0120. The molecule has 1 saturated heterocycles. The third-order valence-electron chi connectivity index (χ3n) is 4.93. The van der Waals surface area contributed by atoms with Crippen LogP contribution in [-0.2, 0) is 0 Å². The summed E-state index contributed by atoms with van der Waals surface area (Å²) < 4.78 is 5.60. The molecule has 1 aromatic heterocycles. The zero-order chi connectivity index (χ0) is 18.1. The van der Waals surface area contributed by atoms with Crippen LogP contribution in [0.5, 0.6) is 5.75 Å². The molecule has 3 atom stereocenters. The monoisotopic (exact) mass is 387 g/mol. The first kappa shape index (κ1) is 17.7. The summed E-state index contributed by atoms with van der Waals surface area (Å²) in [5.41, 5.74) is 2.16. The Bertz CT molecular complexity index is 814. The Morgan fingerprint density at radius 1 is 1.27 bits per heavy atom. The van der Waals surface area contributed by atoms with Gasteiger partial charge in [0.05, 0.1) is 23.4 Å².